The first-order chi connectivity index (χ1) is 10.1. The Balaban J connectivity index is 2.07. The molecule has 1 aromatic rings. The molecule has 1 aliphatic rings. The number of ether oxygens (including phenoxy) is 1. The summed E-state index contributed by atoms with van der Waals surface area (Å²) in [6.07, 6.45) is 0.215. The van der Waals surface area contributed by atoms with Gasteiger partial charge in [-0.05, 0) is 12.1 Å². The average Bonchev–Trinajstić information content (AvgIpc) is 2.52. The predicted octanol–water partition coefficient (Wildman–Crippen LogP) is 1.37. The van der Waals surface area contributed by atoms with E-state index in [9.17, 15) is 14.9 Å². The first kappa shape index (κ1) is 15.1. The molecule has 0 unspecified atom stereocenters. The van der Waals surface area contributed by atoms with E-state index in [2.05, 4.69) is 4.90 Å². The fraction of sp³-hybridized carbons (Fsp3) is 0.429. The minimum absolute atomic E-state index is 0.0623. The van der Waals surface area contributed by atoms with Gasteiger partial charge in [0.15, 0.2) is 5.78 Å². The van der Waals surface area contributed by atoms with E-state index < -0.39 is 4.92 Å². The lowest BCUT2D eigenvalue weighted by atomic mass is 10.0. The second-order valence-electron chi connectivity index (χ2n) is 4.73. The van der Waals surface area contributed by atoms with Crippen LogP contribution in [0.5, 0.6) is 0 Å². The molecule has 0 saturated carbocycles. The first-order valence-electron chi connectivity index (χ1n) is 6.63. The van der Waals surface area contributed by atoms with Gasteiger partial charge in [0, 0.05) is 32.1 Å². The van der Waals surface area contributed by atoms with E-state index in [4.69, 9.17) is 10.00 Å². The van der Waals surface area contributed by atoms with Gasteiger partial charge in [0.2, 0.25) is 0 Å². The zero-order valence-corrected chi connectivity index (χ0v) is 11.4. The standard InChI is InChI=1S/C14H15N3O4/c15-10-11-1-2-12(13(9-11)17(19)20)14(18)3-4-16-5-7-21-8-6-16/h1-2,9H,3-8H2. The number of nitriles is 1. The largest absolute Gasteiger partial charge is 0.379 e. The number of Topliss-reactive ketones (excluding diaryl/α,β-unsaturated/α-hetero) is 1. The summed E-state index contributed by atoms with van der Waals surface area (Å²) in [5.74, 6) is -0.280. The molecule has 0 atom stereocenters. The van der Waals surface area contributed by atoms with Crippen molar-refractivity contribution in [2.75, 3.05) is 32.8 Å². The Kier molecular flexibility index (Phi) is 4.98. The number of hydrogen-bond donors (Lipinski definition) is 0. The molecule has 0 aromatic heterocycles. The SMILES string of the molecule is N#Cc1ccc(C(=O)CCN2CCOCC2)c([N+](=O)[O-])c1. The van der Waals surface area contributed by atoms with Crippen molar-refractivity contribution in [3.05, 3.63) is 39.4 Å². The summed E-state index contributed by atoms with van der Waals surface area (Å²) >= 11 is 0. The molecule has 1 heterocycles. The van der Waals surface area contributed by atoms with Crippen molar-refractivity contribution < 1.29 is 14.5 Å². The van der Waals surface area contributed by atoms with Gasteiger partial charge in [0.25, 0.3) is 5.69 Å². The Morgan fingerprint density at radius 3 is 2.76 bits per heavy atom. The molecular formula is C14H15N3O4. The highest BCUT2D eigenvalue weighted by atomic mass is 16.6. The van der Waals surface area contributed by atoms with Crippen LogP contribution in [0.1, 0.15) is 22.3 Å². The molecule has 0 spiro atoms. The number of nitro benzene ring substituents is 1. The summed E-state index contributed by atoms with van der Waals surface area (Å²) in [5.41, 5.74) is -0.0697. The maximum atomic E-state index is 12.2. The lowest BCUT2D eigenvalue weighted by molar-refractivity contribution is -0.385. The van der Waals surface area contributed by atoms with Crippen LogP contribution >= 0.6 is 0 Å². The smallest absolute Gasteiger partial charge is 0.281 e. The monoisotopic (exact) mass is 289 g/mol. The van der Waals surface area contributed by atoms with Gasteiger partial charge in [-0.2, -0.15) is 5.26 Å². The van der Waals surface area contributed by atoms with Gasteiger partial charge in [-0.1, -0.05) is 0 Å². The van der Waals surface area contributed by atoms with Crippen molar-refractivity contribution in [1.82, 2.24) is 4.90 Å². The first-order valence-corrected chi connectivity index (χ1v) is 6.63. The molecule has 0 amide bonds. The van der Waals surface area contributed by atoms with E-state index in [1.807, 2.05) is 6.07 Å². The molecule has 110 valence electrons. The van der Waals surface area contributed by atoms with Gasteiger partial charge in [-0.3, -0.25) is 19.8 Å². The molecule has 7 nitrogen and oxygen atoms in total. The highest BCUT2D eigenvalue weighted by molar-refractivity contribution is 6.00. The third-order valence-corrected chi connectivity index (χ3v) is 3.38. The van der Waals surface area contributed by atoms with Crippen molar-refractivity contribution in [1.29, 1.82) is 5.26 Å². The minimum Gasteiger partial charge on any atom is -0.379 e. The molecule has 2 rings (SSSR count). The zero-order valence-electron chi connectivity index (χ0n) is 11.4. The number of nitrogens with zero attached hydrogens (tertiary/aromatic N) is 3. The number of ketones is 1. The maximum absolute atomic E-state index is 12.2. The molecule has 0 radical (unpaired) electrons. The zero-order chi connectivity index (χ0) is 15.2. The average molecular weight is 289 g/mol. The highest BCUT2D eigenvalue weighted by Gasteiger charge is 2.21. The number of nitro groups is 1. The van der Waals surface area contributed by atoms with Crippen molar-refractivity contribution in [2.24, 2.45) is 0 Å². The third-order valence-electron chi connectivity index (χ3n) is 3.38. The van der Waals surface area contributed by atoms with Crippen LogP contribution in [0, 0.1) is 21.4 Å². The molecule has 0 N–H and O–H groups in total. The molecule has 1 saturated heterocycles. The number of benzene rings is 1. The van der Waals surface area contributed by atoms with Crippen LogP contribution in [0.15, 0.2) is 18.2 Å². The van der Waals surface area contributed by atoms with Crippen LogP contribution in [-0.2, 0) is 4.74 Å². The van der Waals surface area contributed by atoms with E-state index in [0.717, 1.165) is 19.2 Å². The minimum atomic E-state index is -0.622. The molecule has 1 aromatic carbocycles. The van der Waals surface area contributed by atoms with Crippen LogP contribution in [0.2, 0.25) is 0 Å². The van der Waals surface area contributed by atoms with Crippen LogP contribution in [-0.4, -0.2) is 48.5 Å². The lowest BCUT2D eigenvalue weighted by Gasteiger charge is -2.26. The van der Waals surface area contributed by atoms with Gasteiger partial charge >= 0.3 is 0 Å². The Hall–Kier alpha value is -2.30. The maximum Gasteiger partial charge on any atom is 0.281 e. The van der Waals surface area contributed by atoms with Crippen LogP contribution in [0.3, 0.4) is 0 Å². The van der Waals surface area contributed by atoms with Crippen LogP contribution in [0.4, 0.5) is 5.69 Å². The van der Waals surface area contributed by atoms with E-state index >= 15 is 0 Å². The number of morpholine rings is 1. The molecule has 7 heteroatoms. The lowest BCUT2D eigenvalue weighted by Crippen LogP contribution is -2.37. The fourth-order valence-electron chi connectivity index (χ4n) is 2.21. The topological polar surface area (TPSA) is 96.5 Å². The molecule has 1 fully saturated rings. The third kappa shape index (κ3) is 3.84. The quantitative estimate of drug-likeness (QED) is 0.461. The Bertz CT molecular complexity index is 588. The summed E-state index contributed by atoms with van der Waals surface area (Å²) in [6.45, 7) is 3.38. The summed E-state index contributed by atoms with van der Waals surface area (Å²) in [5, 5.41) is 19.8. The molecular weight excluding hydrogens is 274 g/mol. The number of carbonyl (C=O) groups excluding carboxylic acids is 1. The summed E-state index contributed by atoms with van der Waals surface area (Å²) in [7, 11) is 0. The molecule has 0 aliphatic carbocycles. The second kappa shape index (κ2) is 6.92. The number of hydrogen-bond acceptors (Lipinski definition) is 6. The van der Waals surface area contributed by atoms with Gasteiger partial charge < -0.3 is 4.74 Å². The van der Waals surface area contributed by atoms with Crippen molar-refractivity contribution in [3.8, 4) is 6.07 Å². The Labute approximate surface area is 121 Å². The van der Waals surface area contributed by atoms with E-state index in [0.29, 0.717) is 19.8 Å². The normalized spacial score (nSPS) is 15.4. The van der Waals surface area contributed by atoms with E-state index in [-0.39, 0.29) is 29.0 Å². The fourth-order valence-corrected chi connectivity index (χ4v) is 2.21. The van der Waals surface area contributed by atoms with E-state index in [1.54, 1.807) is 0 Å². The van der Waals surface area contributed by atoms with Crippen molar-refractivity contribution >= 4 is 11.5 Å². The molecule has 1 aliphatic heterocycles. The van der Waals surface area contributed by atoms with Crippen LogP contribution < -0.4 is 0 Å². The van der Waals surface area contributed by atoms with Gasteiger partial charge in [-0.25, -0.2) is 0 Å². The van der Waals surface area contributed by atoms with Gasteiger partial charge in [0.1, 0.15) is 0 Å². The Morgan fingerprint density at radius 1 is 1.43 bits per heavy atom. The Morgan fingerprint density at radius 2 is 2.14 bits per heavy atom. The number of carbonyl (C=O) groups is 1. The van der Waals surface area contributed by atoms with Crippen molar-refractivity contribution in [3.63, 3.8) is 0 Å². The molecule has 21 heavy (non-hydrogen) atoms. The number of rotatable bonds is 5. The highest BCUT2D eigenvalue weighted by Crippen LogP contribution is 2.21. The van der Waals surface area contributed by atoms with Gasteiger partial charge in [0.05, 0.1) is 35.3 Å². The predicted molar refractivity (Wildman–Crippen MR) is 74.0 cm³/mol. The van der Waals surface area contributed by atoms with Gasteiger partial charge in [-0.15, -0.1) is 0 Å². The van der Waals surface area contributed by atoms with Crippen LogP contribution in [0.25, 0.3) is 0 Å². The van der Waals surface area contributed by atoms with Crippen molar-refractivity contribution in [2.45, 2.75) is 6.42 Å². The van der Waals surface area contributed by atoms with E-state index in [1.165, 1.54) is 12.1 Å². The summed E-state index contributed by atoms with van der Waals surface area (Å²) < 4.78 is 5.22. The molecule has 0 bridgehead atoms. The summed E-state index contributed by atoms with van der Waals surface area (Å²) in [6, 6.07) is 5.76. The summed E-state index contributed by atoms with van der Waals surface area (Å²) in [4.78, 5) is 24.7. The second-order valence-corrected chi connectivity index (χ2v) is 4.73.